The average Bonchev–Trinajstić information content (AvgIpc) is 3.89. The van der Waals surface area contributed by atoms with Crippen LogP contribution in [0, 0.1) is 57.2 Å². The lowest BCUT2D eigenvalue weighted by atomic mass is 9.33. The summed E-state index contributed by atoms with van der Waals surface area (Å²) in [5, 5.41) is 13.8. The smallest absolute Gasteiger partial charge is 0.335 e. The minimum atomic E-state index is -0.859. The van der Waals surface area contributed by atoms with E-state index in [1.165, 1.54) is 68.1 Å². The summed E-state index contributed by atoms with van der Waals surface area (Å²) in [6, 6.07) is 7.64. The van der Waals surface area contributed by atoms with Crippen molar-refractivity contribution in [3.05, 3.63) is 53.6 Å². The molecule has 0 spiro atoms. The molecule has 6 aliphatic carbocycles. The van der Waals surface area contributed by atoms with Crippen LogP contribution in [-0.4, -0.2) is 71.6 Å². The molecule has 1 amide bonds. The Bertz CT molecular complexity index is 1620. The molecule has 1 saturated heterocycles. The van der Waals surface area contributed by atoms with Crippen LogP contribution in [0.15, 0.2) is 42.5 Å². The Morgan fingerprint density at radius 1 is 0.846 bits per heavy atom. The Hall–Kier alpha value is -2.44. The van der Waals surface area contributed by atoms with Gasteiger partial charge in [-0.3, -0.25) is 9.69 Å². The molecule has 284 valence electrons. The van der Waals surface area contributed by atoms with Gasteiger partial charge in [-0.05, 0) is 152 Å². The fraction of sp³-hybridized carbons (Fsp3) is 0.739. The van der Waals surface area contributed by atoms with E-state index in [9.17, 15) is 14.7 Å². The van der Waals surface area contributed by atoms with E-state index >= 15 is 0 Å². The molecular weight excluding hydrogens is 643 g/mol. The van der Waals surface area contributed by atoms with Gasteiger partial charge in [-0.2, -0.15) is 0 Å². The van der Waals surface area contributed by atoms with E-state index in [2.05, 4.69) is 69.3 Å². The van der Waals surface area contributed by atoms with Crippen molar-refractivity contribution in [1.29, 1.82) is 0 Å². The SMILES string of the molecule is C=C(C)[C@@H]1CC[C@]2(NCCN3CCN(C(=O)C4CC4)CC3)CC[C@]3(C)[C@H](CC[C@@H]4[C@@]5(C)CC=C(c6ccc(C(=O)O)cc6)C(C)(C)[C@@H]5CC[C@]43C)[C@@H]12. The summed E-state index contributed by atoms with van der Waals surface area (Å²) in [4.78, 5) is 28.9. The number of carboxylic acids is 1. The molecule has 0 bridgehead atoms. The van der Waals surface area contributed by atoms with E-state index in [-0.39, 0.29) is 16.4 Å². The fourth-order valence-corrected chi connectivity index (χ4v) is 14.6. The number of carbonyl (C=O) groups is 2. The summed E-state index contributed by atoms with van der Waals surface area (Å²) in [7, 11) is 0. The monoisotopic (exact) mass is 710 g/mol. The summed E-state index contributed by atoms with van der Waals surface area (Å²) in [5.41, 5.74) is 5.46. The van der Waals surface area contributed by atoms with Gasteiger partial charge in [0.05, 0.1) is 5.56 Å². The van der Waals surface area contributed by atoms with Gasteiger partial charge >= 0.3 is 5.97 Å². The number of allylic oxidation sites excluding steroid dienone is 3. The molecule has 1 aliphatic heterocycles. The van der Waals surface area contributed by atoms with Crippen molar-refractivity contribution in [3.63, 3.8) is 0 Å². The van der Waals surface area contributed by atoms with Crippen molar-refractivity contribution in [2.45, 2.75) is 118 Å². The predicted molar refractivity (Wildman–Crippen MR) is 210 cm³/mol. The summed E-state index contributed by atoms with van der Waals surface area (Å²) >= 11 is 0. The van der Waals surface area contributed by atoms with Crippen LogP contribution in [0.3, 0.4) is 0 Å². The number of carboxylic acid groups (broad SMARTS) is 1. The van der Waals surface area contributed by atoms with Gasteiger partial charge in [0.1, 0.15) is 0 Å². The van der Waals surface area contributed by atoms with Gasteiger partial charge in [0.25, 0.3) is 0 Å². The molecule has 6 fully saturated rings. The van der Waals surface area contributed by atoms with E-state index in [0.29, 0.717) is 57.8 Å². The maximum atomic E-state index is 12.6. The lowest BCUT2D eigenvalue weighted by Gasteiger charge is -2.72. The minimum Gasteiger partial charge on any atom is -0.478 e. The molecule has 7 aliphatic rings. The zero-order valence-corrected chi connectivity index (χ0v) is 33.2. The summed E-state index contributed by atoms with van der Waals surface area (Å²) in [6.45, 7) is 26.0. The molecular formula is C46H67N3O3. The number of rotatable bonds is 8. The van der Waals surface area contributed by atoms with Crippen molar-refractivity contribution < 1.29 is 14.7 Å². The molecule has 1 heterocycles. The van der Waals surface area contributed by atoms with Crippen molar-refractivity contribution in [3.8, 4) is 0 Å². The second-order valence-corrected chi connectivity index (χ2v) is 20.1. The van der Waals surface area contributed by atoms with E-state index < -0.39 is 5.97 Å². The molecule has 9 atom stereocenters. The number of piperazine rings is 1. The molecule has 2 N–H and O–H groups in total. The summed E-state index contributed by atoms with van der Waals surface area (Å²) in [6.07, 6.45) is 16.3. The maximum absolute atomic E-state index is 12.6. The van der Waals surface area contributed by atoms with Crippen molar-refractivity contribution in [1.82, 2.24) is 15.1 Å². The highest BCUT2D eigenvalue weighted by molar-refractivity contribution is 5.88. The minimum absolute atomic E-state index is 0.0261. The van der Waals surface area contributed by atoms with Crippen LogP contribution >= 0.6 is 0 Å². The van der Waals surface area contributed by atoms with Gasteiger partial charge in [-0.25, -0.2) is 4.79 Å². The van der Waals surface area contributed by atoms with Gasteiger partial charge in [-0.1, -0.05) is 65.0 Å². The Kier molecular flexibility index (Phi) is 9.01. The van der Waals surface area contributed by atoms with Gasteiger partial charge in [-0.15, -0.1) is 0 Å². The highest BCUT2D eigenvalue weighted by Crippen LogP contribution is 2.76. The Balaban J connectivity index is 1.01. The number of fused-ring (bicyclic) bond motifs is 7. The number of amides is 1. The highest BCUT2D eigenvalue weighted by Gasteiger charge is 2.70. The first-order chi connectivity index (χ1) is 24.6. The molecule has 0 unspecified atom stereocenters. The number of benzene rings is 1. The molecule has 1 aromatic carbocycles. The Morgan fingerprint density at radius 3 is 2.21 bits per heavy atom. The number of hydrogen-bond donors (Lipinski definition) is 2. The number of hydrogen-bond acceptors (Lipinski definition) is 4. The Morgan fingerprint density at radius 2 is 1.56 bits per heavy atom. The largest absolute Gasteiger partial charge is 0.478 e. The van der Waals surface area contributed by atoms with Crippen LogP contribution in [-0.2, 0) is 4.79 Å². The topological polar surface area (TPSA) is 72.9 Å². The van der Waals surface area contributed by atoms with Crippen LogP contribution in [0.25, 0.3) is 5.57 Å². The zero-order valence-electron chi connectivity index (χ0n) is 33.2. The summed E-state index contributed by atoms with van der Waals surface area (Å²) < 4.78 is 0. The van der Waals surface area contributed by atoms with Crippen LogP contribution in [0.4, 0.5) is 0 Å². The van der Waals surface area contributed by atoms with Crippen LogP contribution in [0.1, 0.15) is 128 Å². The molecule has 8 rings (SSSR count). The number of aromatic carboxylic acids is 1. The molecule has 52 heavy (non-hydrogen) atoms. The standard InChI is InChI=1S/C46H67N3O3/c1-30(2)34-16-21-46(47-24-25-48-26-28-49(29-27-48)40(50)32-10-11-32)23-22-44(6)36(39(34)46)14-15-38-43(5)19-17-35(31-8-12-33(13-9-31)41(51)52)42(3,4)37(43)18-20-45(38,44)7/h8-9,12-13,17,32,34,36-39,47H,1,10-11,14-16,18-29H2,2-7H3,(H,51,52)/t34-,36+,37-,38+,39+,43-,44+,45+,46-/m0/s1. The lowest BCUT2D eigenvalue weighted by Crippen LogP contribution is -2.68. The second-order valence-electron chi connectivity index (χ2n) is 20.1. The predicted octanol–water partition coefficient (Wildman–Crippen LogP) is 8.93. The second kappa shape index (κ2) is 12.8. The summed E-state index contributed by atoms with van der Waals surface area (Å²) in [5.74, 6) is 3.15. The van der Waals surface area contributed by atoms with Gasteiger partial charge in [0.2, 0.25) is 5.91 Å². The van der Waals surface area contributed by atoms with Gasteiger partial charge < -0.3 is 15.3 Å². The molecule has 6 nitrogen and oxygen atoms in total. The van der Waals surface area contributed by atoms with E-state index in [0.717, 1.165) is 58.5 Å². The molecule has 0 radical (unpaired) electrons. The van der Waals surface area contributed by atoms with Crippen LogP contribution in [0.2, 0.25) is 0 Å². The molecule has 0 aromatic heterocycles. The van der Waals surface area contributed by atoms with Crippen LogP contribution in [0.5, 0.6) is 0 Å². The number of nitrogens with zero attached hydrogens (tertiary/aromatic N) is 2. The third-order valence-corrected chi connectivity index (χ3v) is 17.6. The highest BCUT2D eigenvalue weighted by atomic mass is 16.4. The Labute approximate surface area is 314 Å². The van der Waals surface area contributed by atoms with Crippen molar-refractivity contribution in [2.75, 3.05) is 39.3 Å². The molecule has 5 saturated carbocycles. The van der Waals surface area contributed by atoms with Crippen molar-refractivity contribution in [2.24, 2.45) is 57.2 Å². The third kappa shape index (κ3) is 5.53. The van der Waals surface area contributed by atoms with E-state index in [1.54, 1.807) is 12.1 Å². The third-order valence-electron chi connectivity index (χ3n) is 17.6. The lowest BCUT2D eigenvalue weighted by molar-refractivity contribution is -0.219. The molecule has 6 heteroatoms. The van der Waals surface area contributed by atoms with Gasteiger partial charge in [0, 0.05) is 50.7 Å². The maximum Gasteiger partial charge on any atom is 0.335 e. The first-order valence-corrected chi connectivity index (χ1v) is 21.1. The number of nitrogens with one attached hydrogen (secondary N) is 1. The fourth-order valence-electron chi connectivity index (χ4n) is 14.6. The quantitative estimate of drug-likeness (QED) is 0.264. The average molecular weight is 710 g/mol. The van der Waals surface area contributed by atoms with Gasteiger partial charge in [0.15, 0.2) is 0 Å². The first-order valence-electron chi connectivity index (χ1n) is 21.1. The van der Waals surface area contributed by atoms with Crippen LogP contribution < -0.4 is 5.32 Å². The zero-order chi connectivity index (χ0) is 36.8. The van der Waals surface area contributed by atoms with E-state index in [4.69, 9.17) is 0 Å². The van der Waals surface area contributed by atoms with E-state index in [1.807, 2.05) is 12.1 Å². The normalized spacial score (nSPS) is 41.2. The first kappa shape index (κ1) is 36.5. The number of carbonyl (C=O) groups excluding carboxylic acids is 1. The molecule has 1 aromatic rings. The van der Waals surface area contributed by atoms with Crippen molar-refractivity contribution >= 4 is 17.4 Å².